The molecule has 1 aliphatic rings. The first-order valence-electron chi connectivity index (χ1n) is 8.75. The predicted octanol–water partition coefficient (Wildman–Crippen LogP) is 2.71. The Bertz CT molecular complexity index is 826. The van der Waals surface area contributed by atoms with Gasteiger partial charge in [-0.25, -0.2) is 8.42 Å². The Morgan fingerprint density at radius 2 is 1.65 bits per heavy atom. The summed E-state index contributed by atoms with van der Waals surface area (Å²) >= 11 is 0. The molecule has 0 aromatic heterocycles. The molecule has 1 atom stereocenters. The van der Waals surface area contributed by atoms with Crippen molar-refractivity contribution in [2.75, 3.05) is 13.2 Å². The van der Waals surface area contributed by atoms with Gasteiger partial charge >= 0.3 is 0 Å². The average molecular weight is 373 g/mol. The van der Waals surface area contributed by atoms with Crippen LogP contribution in [-0.2, 0) is 26.1 Å². The van der Waals surface area contributed by atoms with Crippen molar-refractivity contribution < 1.29 is 17.9 Å². The van der Waals surface area contributed by atoms with Crippen LogP contribution in [0.5, 0.6) is 0 Å². The lowest BCUT2D eigenvalue weighted by Gasteiger charge is -2.11. The minimum absolute atomic E-state index is 0.0114. The molecule has 6 heteroatoms. The molecule has 0 radical (unpaired) electrons. The molecule has 1 fully saturated rings. The Morgan fingerprint density at radius 1 is 1.00 bits per heavy atom. The highest BCUT2D eigenvalue weighted by Crippen LogP contribution is 2.14. The van der Waals surface area contributed by atoms with E-state index in [1.54, 1.807) is 36.4 Å². The summed E-state index contributed by atoms with van der Waals surface area (Å²) in [6, 6.07) is 15.9. The molecule has 2 aromatic carbocycles. The molecule has 0 bridgehead atoms. The van der Waals surface area contributed by atoms with Crippen molar-refractivity contribution >= 4 is 15.7 Å². The summed E-state index contributed by atoms with van der Waals surface area (Å²) in [4.78, 5) is 12.2. The van der Waals surface area contributed by atoms with Crippen LogP contribution in [0.25, 0.3) is 0 Å². The molecule has 1 amide bonds. The first kappa shape index (κ1) is 18.6. The van der Waals surface area contributed by atoms with Gasteiger partial charge in [-0.3, -0.25) is 4.79 Å². The van der Waals surface area contributed by atoms with Gasteiger partial charge in [-0.15, -0.1) is 0 Å². The number of hydrogen-bond donors (Lipinski definition) is 1. The second-order valence-electron chi connectivity index (χ2n) is 6.56. The molecule has 5 nitrogen and oxygen atoms in total. The Labute approximate surface area is 154 Å². The summed E-state index contributed by atoms with van der Waals surface area (Å²) in [6.45, 7) is 1.26. The van der Waals surface area contributed by atoms with Crippen LogP contribution in [0, 0.1) is 0 Å². The maximum atomic E-state index is 12.3. The molecular formula is C20H23NO4S. The summed E-state index contributed by atoms with van der Waals surface area (Å²) in [5, 5.41) is 2.86. The Balaban J connectivity index is 1.55. The molecule has 2 aromatic rings. The van der Waals surface area contributed by atoms with E-state index in [1.165, 1.54) is 0 Å². The van der Waals surface area contributed by atoms with Crippen molar-refractivity contribution in [2.24, 2.45) is 0 Å². The second-order valence-corrected chi connectivity index (χ2v) is 8.62. The van der Waals surface area contributed by atoms with Crippen molar-refractivity contribution in [3.8, 4) is 0 Å². The van der Waals surface area contributed by atoms with Gasteiger partial charge in [-0.05, 0) is 36.1 Å². The average Bonchev–Trinajstić information content (AvgIpc) is 3.14. The smallest absolute Gasteiger partial charge is 0.251 e. The number of nitrogens with one attached hydrogen (secondary N) is 1. The maximum absolute atomic E-state index is 12.3. The van der Waals surface area contributed by atoms with Crippen LogP contribution in [-0.4, -0.2) is 33.6 Å². The fourth-order valence-electron chi connectivity index (χ4n) is 3.00. The minimum atomic E-state index is -3.26. The molecule has 0 spiro atoms. The standard InChI is InChI=1S/C20H23NO4S/c22-20(21-13-19-7-4-12-25-19)18-10-8-17(9-11-18)15-26(23,24)14-16-5-2-1-3-6-16/h1-3,5-6,8-11,19H,4,7,12-15H2,(H,21,22)/t19-/m0/s1. The third-order valence-corrected chi connectivity index (χ3v) is 5.89. The Morgan fingerprint density at radius 3 is 2.27 bits per heavy atom. The lowest BCUT2D eigenvalue weighted by Crippen LogP contribution is -2.31. The molecule has 1 aliphatic heterocycles. The summed E-state index contributed by atoms with van der Waals surface area (Å²) in [5.74, 6) is -0.198. The fourth-order valence-corrected chi connectivity index (χ4v) is 4.50. The van der Waals surface area contributed by atoms with Crippen LogP contribution >= 0.6 is 0 Å². The van der Waals surface area contributed by atoms with Crippen LogP contribution in [0.2, 0.25) is 0 Å². The number of carbonyl (C=O) groups is 1. The zero-order chi connectivity index (χ0) is 18.4. The lowest BCUT2D eigenvalue weighted by molar-refractivity contribution is 0.0858. The highest BCUT2D eigenvalue weighted by molar-refractivity contribution is 7.89. The Kier molecular flexibility index (Phi) is 6.06. The lowest BCUT2D eigenvalue weighted by atomic mass is 10.1. The molecule has 0 saturated carbocycles. The van der Waals surface area contributed by atoms with E-state index in [2.05, 4.69) is 5.32 Å². The van der Waals surface area contributed by atoms with E-state index in [1.807, 2.05) is 18.2 Å². The van der Waals surface area contributed by atoms with E-state index < -0.39 is 9.84 Å². The van der Waals surface area contributed by atoms with Gasteiger partial charge in [0.1, 0.15) is 0 Å². The maximum Gasteiger partial charge on any atom is 0.251 e. The Hall–Kier alpha value is -2.18. The molecule has 1 saturated heterocycles. The van der Waals surface area contributed by atoms with Crippen LogP contribution in [0.4, 0.5) is 0 Å². The largest absolute Gasteiger partial charge is 0.376 e. The van der Waals surface area contributed by atoms with Gasteiger partial charge in [0.15, 0.2) is 9.84 Å². The first-order chi connectivity index (χ1) is 12.5. The highest BCUT2D eigenvalue weighted by atomic mass is 32.2. The summed E-state index contributed by atoms with van der Waals surface area (Å²) in [5.41, 5.74) is 1.97. The molecule has 0 unspecified atom stereocenters. The van der Waals surface area contributed by atoms with E-state index >= 15 is 0 Å². The van der Waals surface area contributed by atoms with Crippen LogP contribution < -0.4 is 5.32 Å². The molecule has 138 valence electrons. The van der Waals surface area contributed by atoms with Crippen molar-refractivity contribution in [1.29, 1.82) is 0 Å². The molecule has 1 heterocycles. The third-order valence-electron chi connectivity index (χ3n) is 4.35. The van der Waals surface area contributed by atoms with Crippen LogP contribution in [0.3, 0.4) is 0 Å². The second kappa shape index (κ2) is 8.47. The zero-order valence-electron chi connectivity index (χ0n) is 14.6. The number of benzene rings is 2. The predicted molar refractivity (Wildman–Crippen MR) is 101 cm³/mol. The summed E-state index contributed by atoms with van der Waals surface area (Å²) in [6.07, 6.45) is 2.10. The molecule has 26 heavy (non-hydrogen) atoms. The van der Waals surface area contributed by atoms with E-state index in [-0.39, 0.29) is 23.5 Å². The van der Waals surface area contributed by atoms with E-state index in [4.69, 9.17) is 4.74 Å². The fraction of sp³-hybridized carbons (Fsp3) is 0.350. The van der Waals surface area contributed by atoms with Crippen molar-refractivity contribution in [3.63, 3.8) is 0 Å². The van der Waals surface area contributed by atoms with Crippen molar-refractivity contribution in [2.45, 2.75) is 30.5 Å². The highest BCUT2D eigenvalue weighted by Gasteiger charge is 2.17. The van der Waals surface area contributed by atoms with E-state index in [9.17, 15) is 13.2 Å². The SMILES string of the molecule is O=C(NC[C@@H]1CCCO1)c1ccc(CS(=O)(=O)Cc2ccccc2)cc1. The quantitative estimate of drug-likeness (QED) is 0.810. The van der Waals surface area contributed by atoms with Gasteiger partial charge in [0.25, 0.3) is 5.91 Å². The van der Waals surface area contributed by atoms with Crippen LogP contribution in [0.15, 0.2) is 54.6 Å². The van der Waals surface area contributed by atoms with Gasteiger partial charge in [-0.2, -0.15) is 0 Å². The monoisotopic (exact) mass is 373 g/mol. The van der Waals surface area contributed by atoms with Crippen LogP contribution in [0.1, 0.15) is 34.3 Å². The van der Waals surface area contributed by atoms with Gasteiger partial charge in [0, 0.05) is 18.7 Å². The summed E-state index contributed by atoms with van der Waals surface area (Å²) in [7, 11) is -3.26. The molecular weight excluding hydrogens is 350 g/mol. The van der Waals surface area contributed by atoms with Gasteiger partial charge in [-0.1, -0.05) is 42.5 Å². The van der Waals surface area contributed by atoms with E-state index in [0.717, 1.165) is 25.0 Å². The number of ether oxygens (including phenoxy) is 1. The summed E-state index contributed by atoms with van der Waals surface area (Å²) < 4.78 is 30.2. The van der Waals surface area contributed by atoms with Gasteiger partial charge in [0.05, 0.1) is 17.6 Å². The third kappa shape index (κ3) is 5.41. The molecule has 0 aliphatic carbocycles. The molecule has 3 rings (SSSR count). The van der Waals surface area contributed by atoms with Gasteiger partial charge < -0.3 is 10.1 Å². The first-order valence-corrected chi connectivity index (χ1v) is 10.6. The normalized spacial score (nSPS) is 17.2. The van der Waals surface area contributed by atoms with Crippen molar-refractivity contribution in [1.82, 2.24) is 5.32 Å². The molecule has 1 N–H and O–H groups in total. The minimum Gasteiger partial charge on any atom is -0.376 e. The topological polar surface area (TPSA) is 72.5 Å². The number of hydrogen-bond acceptors (Lipinski definition) is 4. The number of sulfone groups is 1. The van der Waals surface area contributed by atoms with Gasteiger partial charge in [0.2, 0.25) is 0 Å². The zero-order valence-corrected chi connectivity index (χ0v) is 15.4. The van der Waals surface area contributed by atoms with Crippen molar-refractivity contribution in [3.05, 3.63) is 71.3 Å². The number of carbonyl (C=O) groups excluding carboxylic acids is 1. The van der Waals surface area contributed by atoms with E-state index in [0.29, 0.717) is 17.7 Å². The number of rotatable bonds is 7. The number of amides is 1.